The molecular weight excluding hydrogens is 271 g/mol. The Morgan fingerprint density at radius 1 is 1.05 bits per heavy atom. The zero-order valence-electron chi connectivity index (χ0n) is 11.5. The Labute approximate surface area is 122 Å². The summed E-state index contributed by atoms with van der Waals surface area (Å²) in [5.74, 6) is 0.433. The molecule has 0 heterocycles. The molecule has 0 bridgehead atoms. The van der Waals surface area contributed by atoms with Crippen LogP contribution in [0.25, 0.3) is 0 Å². The summed E-state index contributed by atoms with van der Waals surface area (Å²) in [6.07, 6.45) is 0. The molecular formula is C16H17FN2O2. The average Bonchev–Trinajstić information content (AvgIpc) is 2.49. The van der Waals surface area contributed by atoms with Crippen LogP contribution in [0.1, 0.15) is 11.1 Å². The highest BCUT2D eigenvalue weighted by molar-refractivity contribution is 5.94. The first-order valence-electron chi connectivity index (χ1n) is 6.55. The van der Waals surface area contributed by atoms with Gasteiger partial charge in [0.25, 0.3) is 0 Å². The Morgan fingerprint density at radius 3 is 2.43 bits per heavy atom. The van der Waals surface area contributed by atoms with Crippen molar-refractivity contribution in [3.8, 4) is 5.75 Å². The zero-order chi connectivity index (χ0) is 15.1. The van der Waals surface area contributed by atoms with Crippen molar-refractivity contribution in [1.82, 2.24) is 0 Å². The Kier molecular flexibility index (Phi) is 5.29. The smallest absolute Gasteiger partial charge is 0.128 e. The maximum atomic E-state index is 13.3. The van der Waals surface area contributed by atoms with E-state index < -0.39 is 0 Å². The van der Waals surface area contributed by atoms with Gasteiger partial charge in [0.05, 0.1) is 13.2 Å². The Balaban J connectivity index is 1.70. The third kappa shape index (κ3) is 4.57. The van der Waals surface area contributed by atoms with E-state index in [0.717, 1.165) is 0 Å². The van der Waals surface area contributed by atoms with E-state index in [2.05, 4.69) is 0 Å². The van der Waals surface area contributed by atoms with E-state index in [0.29, 0.717) is 30.1 Å². The van der Waals surface area contributed by atoms with Crippen molar-refractivity contribution in [2.45, 2.75) is 6.61 Å². The minimum Gasteiger partial charge on any atom is -0.491 e. The van der Waals surface area contributed by atoms with Gasteiger partial charge in [-0.25, -0.2) is 4.39 Å². The van der Waals surface area contributed by atoms with E-state index in [1.807, 2.05) is 0 Å². The normalized spacial score (nSPS) is 10.3. The second-order valence-electron chi connectivity index (χ2n) is 4.43. The Morgan fingerprint density at radius 2 is 1.76 bits per heavy atom. The van der Waals surface area contributed by atoms with Crippen LogP contribution in [0.3, 0.4) is 0 Å². The first-order chi connectivity index (χ1) is 10.2. The molecule has 2 aromatic carbocycles. The standard InChI is InChI=1S/C16H17FN2O2/c17-15-4-2-1-3-13(15)11-20-9-10-21-14-7-5-12(6-8-14)16(18)19/h1-8H,9-11H2,(H3,18,19). The van der Waals surface area contributed by atoms with Crippen molar-refractivity contribution in [2.75, 3.05) is 13.2 Å². The second-order valence-corrected chi connectivity index (χ2v) is 4.43. The van der Waals surface area contributed by atoms with Crippen molar-refractivity contribution >= 4 is 5.84 Å². The van der Waals surface area contributed by atoms with E-state index in [1.54, 1.807) is 42.5 Å². The van der Waals surface area contributed by atoms with Gasteiger partial charge in [0.1, 0.15) is 24.0 Å². The number of hydrogen-bond donors (Lipinski definition) is 2. The van der Waals surface area contributed by atoms with Gasteiger partial charge in [-0.05, 0) is 30.3 Å². The number of nitrogens with one attached hydrogen (secondary N) is 1. The maximum Gasteiger partial charge on any atom is 0.128 e. The maximum absolute atomic E-state index is 13.3. The van der Waals surface area contributed by atoms with E-state index >= 15 is 0 Å². The monoisotopic (exact) mass is 288 g/mol. The van der Waals surface area contributed by atoms with E-state index in [-0.39, 0.29) is 18.3 Å². The van der Waals surface area contributed by atoms with Crippen LogP contribution in [0, 0.1) is 11.2 Å². The molecule has 2 rings (SSSR count). The molecule has 0 fully saturated rings. The van der Waals surface area contributed by atoms with Crippen LogP contribution in [-0.4, -0.2) is 19.0 Å². The lowest BCUT2D eigenvalue weighted by Gasteiger charge is -2.08. The van der Waals surface area contributed by atoms with Gasteiger partial charge >= 0.3 is 0 Å². The molecule has 0 radical (unpaired) electrons. The first-order valence-corrected chi connectivity index (χ1v) is 6.55. The molecule has 0 aliphatic carbocycles. The third-order valence-electron chi connectivity index (χ3n) is 2.88. The van der Waals surface area contributed by atoms with Crippen LogP contribution in [0.2, 0.25) is 0 Å². The van der Waals surface area contributed by atoms with Crippen molar-refractivity contribution in [2.24, 2.45) is 5.73 Å². The fourth-order valence-electron chi connectivity index (χ4n) is 1.75. The molecule has 2 aromatic rings. The fraction of sp³-hybridized carbons (Fsp3) is 0.188. The molecule has 0 atom stereocenters. The van der Waals surface area contributed by atoms with Gasteiger partial charge in [0.15, 0.2) is 0 Å². The number of nitrogens with two attached hydrogens (primary N) is 1. The number of nitrogen functional groups attached to an aromatic ring is 1. The second kappa shape index (κ2) is 7.40. The predicted octanol–water partition coefficient (Wildman–Crippen LogP) is 2.71. The number of benzene rings is 2. The summed E-state index contributed by atoms with van der Waals surface area (Å²) in [7, 11) is 0. The summed E-state index contributed by atoms with van der Waals surface area (Å²) in [5, 5.41) is 7.28. The van der Waals surface area contributed by atoms with Crippen molar-refractivity contribution in [3.63, 3.8) is 0 Å². The molecule has 5 heteroatoms. The van der Waals surface area contributed by atoms with Gasteiger partial charge in [-0.3, -0.25) is 5.41 Å². The van der Waals surface area contributed by atoms with Gasteiger partial charge in [-0.15, -0.1) is 0 Å². The lowest BCUT2D eigenvalue weighted by Crippen LogP contribution is -2.11. The van der Waals surface area contributed by atoms with Gasteiger partial charge in [-0.2, -0.15) is 0 Å². The summed E-state index contributed by atoms with van der Waals surface area (Å²) in [5.41, 5.74) is 6.54. The van der Waals surface area contributed by atoms with Gasteiger partial charge in [-0.1, -0.05) is 18.2 Å². The van der Waals surface area contributed by atoms with E-state index in [4.69, 9.17) is 20.6 Å². The molecule has 0 saturated heterocycles. The molecule has 110 valence electrons. The van der Waals surface area contributed by atoms with Gasteiger partial charge < -0.3 is 15.2 Å². The lowest BCUT2D eigenvalue weighted by molar-refractivity contribution is 0.0872. The van der Waals surface area contributed by atoms with Crippen LogP contribution in [-0.2, 0) is 11.3 Å². The van der Waals surface area contributed by atoms with Gasteiger partial charge in [0, 0.05) is 11.1 Å². The minimum absolute atomic E-state index is 0.0229. The Hall–Kier alpha value is -2.40. The summed E-state index contributed by atoms with van der Waals surface area (Å²) in [6.45, 7) is 0.954. The molecule has 0 unspecified atom stereocenters. The van der Waals surface area contributed by atoms with E-state index in [1.165, 1.54) is 6.07 Å². The molecule has 0 amide bonds. The van der Waals surface area contributed by atoms with Crippen LogP contribution in [0.4, 0.5) is 4.39 Å². The number of hydrogen-bond acceptors (Lipinski definition) is 3. The lowest BCUT2D eigenvalue weighted by atomic mass is 10.2. The number of halogens is 1. The highest BCUT2D eigenvalue weighted by Crippen LogP contribution is 2.12. The number of rotatable bonds is 7. The van der Waals surface area contributed by atoms with Crippen molar-refractivity contribution < 1.29 is 13.9 Å². The highest BCUT2D eigenvalue weighted by atomic mass is 19.1. The first kappa shape index (κ1) is 15.0. The molecule has 0 saturated carbocycles. The average molecular weight is 288 g/mol. The number of ether oxygens (including phenoxy) is 2. The summed E-state index contributed by atoms with van der Waals surface area (Å²) in [6, 6.07) is 13.4. The molecule has 0 aliphatic heterocycles. The molecule has 21 heavy (non-hydrogen) atoms. The summed E-state index contributed by atoms with van der Waals surface area (Å²) >= 11 is 0. The molecule has 0 aliphatic rings. The molecule has 0 aromatic heterocycles. The van der Waals surface area contributed by atoms with Gasteiger partial charge in [0.2, 0.25) is 0 Å². The van der Waals surface area contributed by atoms with Crippen molar-refractivity contribution in [1.29, 1.82) is 5.41 Å². The molecule has 3 N–H and O–H groups in total. The van der Waals surface area contributed by atoms with Crippen molar-refractivity contribution in [3.05, 3.63) is 65.5 Å². The summed E-state index contributed by atoms with van der Waals surface area (Å²) in [4.78, 5) is 0. The molecule has 4 nitrogen and oxygen atoms in total. The van der Waals surface area contributed by atoms with Crippen LogP contribution in [0.15, 0.2) is 48.5 Å². The minimum atomic E-state index is -0.266. The largest absolute Gasteiger partial charge is 0.491 e. The van der Waals surface area contributed by atoms with E-state index in [9.17, 15) is 4.39 Å². The quantitative estimate of drug-likeness (QED) is 0.467. The molecule has 0 spiro atoms. The summed E-state index contributed by atoms with van der Waals surface area (Å²) < 4.78 is 24.2. The fourth-order valence-corrected chi connectivity index (χ4v) is 1.75. The van der Waals surface area contributed by atoms with Crippen LogP contribution in [0.5, 0.6) is 5.75 Å². The Bertz CT molecular complexity index is 599. The van der Waals surface area contributed by atoms with Crippen LogP contribution >= 0.6 is 0 Å². The predicted molar refractivity (Wildman–Crippen MR) is 79.0 cm³/mol. The van der Waals surface area contributed by atoms with Crippen LogP contribution < -0.4 is 10.5 Å². The topological polar surface area (TPSA) is 68.3 Å². The SMILES string of the molecule is N=C(N)c1ccc(OCCOCc2ccccc2F)cc1. The number of amidine groups is 1. The third-order valence-corrected chi connectivity index (χ3v) is 2.88. The highest BCUT2D eigenvalue weighted by Gasteiger charge is 2.01. The zero-order valence-corrected chi connectivity index (χ0v) is 11.5.